The van der Waals surface area contributed by atoms with Gasteiger partial charge in [-0.2, -0.15) is 0 Å². The number of nitrogens with zero attached hydrogens (tertiary/aromatic N) is 1. The summed E-state index contributed by atoms with van der Waals surface area (Å²) < 4.78 is 10.2. The highest BCUT2D eigenvalue weighted by atomic mass is 16.5. The quantitative estimate of drug-likeness (QED) is 0.275. The minimum absolute atomic E-state index is 0.0368. The third kappa shape index (κ3) is 4.94. The van der Waals surface area contributed by atoms with Crippen molar-refractivity contribution < 1.29 is 23.9 Å². The van der Waals surface area contributed by atoms with Gasteiger partial charge in [-0.3, -0.25) is 14.5 Å². The smallest absolute Gasteiger partial charge is 0.337 e. The summed E-state index contributed by atoms with van der Waals surface area (Å²) in [6, 6.07) is 30.7. The van der Waals surface area contributed by atoms with Crippen LogP contribution in [0.25, 0.3) is 0 Å². The number of esters is 1. The number of amides is 1. The molecule has 4 aromatic rings. The second-order valence-corrected chi connectivity index (χ2v) is 10.4. The maximum Gasteiger partial charge on any atom is 0.337 e. The lowest BCUT2D eigenvalue weighted by atomic mass is 9.78. The molecule has 0 aromatic heterocycles. The number of rotatable bonds is 5. The molecule has 7 heteroatoms. The van der Waals surface area contributed by atoms with E-state index in [-0.39, 0.29) is 17.6 Å². The van der Waals surface area contributed by atoms with Crippen molar-refractivity contribution in [2.24, 2.45) is 0 Å². The molecule has 2 aliphatic rings. The summed E-state index contributed by atoms with van der Waals surface area (Å²) in [7, 11) is 2.96. The first-order chi connectivity index (χ1) is 20.5. The molecule has 0 bridgehead atoms. The summed E-state index contributed by atoms with van der Waals surface area (Å²) in [5.74, 6) is -0.00739. The van der Waals surface area contributed by atoms with Crippen LogP contribution in [0.1, 0.15) is 56.6 Å². The van der Waals surface area contributed by atoms with Gasteiger partial charge in [-0.05, 0) is 72.0 Å². The molecule has 1 aliphatic carbocycles. The Kier molecular flexibility index (Phi) is 7.32. The maximum atomic E-state index is 14.3. The van der Waals surface area contributed by atoms with Crippen molar-refractivity contribution >= 4 is 29.0 Å². The monoisotopic (exact) mass is 558 g/mol. The third-order valence-electron chi connectivity index (χ3n) is 7.96. The zero-order valence-electron chi connectivity index (χ0n) is 23.4. The van der Waals surface area contributed by atoms with Gasteiger partial charge in [0.05, 0.1) is 37.2 Å². The number of Topliss-reactive ketones (excluding diaryl/α,β-unsaturated/α-hetero) is 1. The average Bonchev–Trinajstić information content (AvgIpc) is 3.19. The molecule has 1 N–H and O–H groups in total. The minimum atomic E-state index is -0.722. The molecule has 4 aromatic carbocycles. The molecule has 210 valence electrons. The second kappa shape index (κ2) is 11.4. The summed E-state index contributed by atoms with van der Waals surface area (Å²) in [6.45, 7) is 0. The van der Waals surface area contributed by atoms with Crippen LogP contribution in [-0.4, -0.2) is 31.9 Å². The number of carbonyl (C=O) groups excluding carboxylic acids is 3. The van der Waals surface area contributed by atoms with Crippen molar-refractivity contribution in [3.63, 3.8) is 0 Å². The van der Waals surface area contributed by atoms with Crippen LogP contribution in [0.15, 0.2) is 114 Å². The average molecular weight is 559 g/mol. The van der Waals surface area contributed by atoms with Crippen LogP contribution in [0.2, 0.25) is 0 Å². The number of hydrogen-bond acceptors (Lipinski definition) is 6. The maximum absolute atomic E-state index is 14.3. The predicted octanol–water partition coefficient (Wildman–Crippen LogP) is 6.70. The van der Waals surface area contributed by atoms with E-state index in [0.29, 0.717) is 40.8 Å². The van der Waals surface area contributed by atoms with Gasteiger partial charge in [0, 0.05) is 23.3 Å². The molecule has 42 heavy (non-hydrogen) atoms. The summed E-state index contributed by atoms with van der Waals surface area (Å²) in [5, 5.41) is 3.56. The lowest BCUT2D eigenvalue weighted by Crippen LogP contribution is -2.38. The first kappa shape index (κ1) is 27.0. The summed E-state index contributed by atoms with van der Waals surface area (Å²) in [4.78, 5) is 42.4. The molecule has 1 aliphatic heterocycles. The second-order valence-electron chi connectivity index (χ2n) is 10.4. The Morgan fingerprint density at radius 1 is 0.762 bits per heavy atom. The summed E-state index contributed by atoms with van der Waals surface area (Å²) in [6.07, 6.45) is 0.888. The van der Waals surface area contributed by atoms with E-state index in [1.54, 1.807) is 48.4 Å². The van der Waals surface area contributed by atoms with Gasteiger partial charge in [0.2, 0.25) is 0 Å². The van der Waals surface area contributed by atoms with Crippen molar-refractivity contribution in [3.8, 4) is 5.75 Å². The number of anilines is 2. The van der Waals surface area contributed by atoms with Crippen molar-refractivity contribution in [1.82, 2.24) is 0 Å². The fourth-order valence-electron chi connectivity index (χ4n) is 5.88. The number of benzene rings is 4. The molecule has 1 amide bonds. The van der Waals surface area contributed by atoms with Gasteiger partial charge < -0.3 is 14.8 Å². The number of hydrogen-bond donors (Lipinski definition) is 1. The number of ketones is 1. The van der Waals surface area contributed by atoms with Crippen LogP contribution in [0, 0.1) is 0 Å². The van der Waals surface area contributed by atoms with E-state index in [0.717, 1.165) is 22.7 Å². The number of allylic oxidation sites excluding steroid dienone is 1. The van der Waals surface area contributed by atoms with E-state index in [1.807, 2.05) is 66.7 Å². The summed E-state index contributed by atoms with van der Waals surface area (Å²) >= 11 is 0. The molecule has 0 unspecified atom stereocenters. The van der Waals surface area contributed by atoms with Crippen LogP contribution >= 0.6 is 0 Å². The van der Waals surface area contributed by atoms with Crippen LogP contribution in [0.5, 0.6) is 5.75 Å². The molecule has 2 atom stereocenters. The van der Waals surface area contributed by atoms with Crippen LogP contribution in [-0.2, 0) is 9.53 Å². The predicted molar refractivity (Wildman–Crippen MR) is 161 cm³/mol. The largest absolute Gasteiger partial charge is 0.497 e. The Bertz CT molecular complexity index is 1680. The molecule has 0 fully saturated rings. The molecular formula is C35H30N2O5. The molecular weight excluding hydrogens is 528 g/mol. The minimum Gasteiger partial charge on any atom is -0.497 e. The molecule has 0 radical (unpaired) electrons. The van der Waals surface area contributed by atoms with Gasteiger partial charge >= 0.3 is 5.97 Å². The fourth-order valence-corrected chi connectivity index (χ4v) is 5.88. The Morgan fingerprint density at radius 3 is 2.12 bits per heavy atom. The zero-order valence-corrected chi connectivity index (χ0v) is 23.4. The van der Waals surface area contributed by atoms with Gasteiger partial charge in [-0.15, -0.1) is 0 Å². The molecule has 1 heterocycles. The normalized spacial score (nSPS) is 17.9. The first-order valence-corrected chi connectivity index (χ1v) is 13.8. The Morgan fingerprint density at radius 2 is 1.43 bits per heavy atom. The molecule has 0 saturated heterocycles. The van der Waals surface area contributed by atoms with Crippen LogP contribution in [0.3, 0.4) is 0 Å². The number of para-hydroxylation sites is 2. The first-order valence-electron chi connectivity index (χ1n) is 13.8. The zero-order chi connectivity index (χ0) is 29.2. The lowest BCUT2D eigenvalue weighted by molar-refractivity contribution is -0.116. The van der Waals surface area contributed by atoms with Crippen molar-refractivity contribution in [2.45, 2.75) is 24.8 Å². The number of nitrogens with one attached hydrogen (secondary N) is 1. The van der Waals surface area contributed by atoms with Crippen LogP contribution < -0.4 is 15.0 Å². The van der Waals surface area contributed by atoms with Gasteiger partial charge in [-0.1, -0.05) is 54.6 Å². The molecule has 6 rings (SSSR count). The molecule has 7 nitrogen and oxygen atoms in total. The lowest BCUT2D eigenvalue weighted by Gasteiger charge is -2.35. The van der Waals surface area contributed by atoms with Crippen molar-refractivity contribution in [3.05, 3.63) is 137 Å². The Labute approximate surface area is 244 Å². The van der Waals surface area contributed by atoms with Gasteiger partial charge in [0.1, 0.15) is 5.75 Å². The highest BCUT2D eigenvalue weighted by Gasteiger charge is 2.42. The Hall–Kier alpha value is -5.17. The van der Waals surface area contributed by atoms with E-state index < -0.39 is 12.0 Å². The number of carbonyl (C=O) groups is 3. The van der Waals surface area contributed by atoms with Crippen molar-refractivity contribution in [1.29, 1.82) is 0 Å². The number of methoxy groups -OCH3 is 2. The van der Waals surface area contributed by atoms with Crippen LogP contribution in [0.4, 0.5) is 11.4 Å². The van der Waals surface area contributed by atoms with E-state index in [4.69, 9.17) is 9.47 Å². The summed E-state index contributed by atoms with van der Waals surface area (Å²) in [5.41, 5.74) is 5.39. The Balaban J connectivity index is 1.53. The molecule has 0 saturated carbocycles. The fraction of sp³-hybridized carbons (Fsp3) is 0.171. The SMILES string of the molecule is COC(=O)c1ccc([C@H]2C3=C(C[C@H](c4ccc(OC)cc4)CC3=O)Nc3ccccc3N2C(=O)c2ccccc2)cc1. The number of ether oxygens (including phenoxy) is 2. The van der Waals surface area contributed by atoms with E-state index >= 15 is 0 Å². The van der Waals surface area contributed by atoms with Gasteiger partial charge in [0.15, 0.2) is 5.78 Å². The molecule has 0 spiro atoms. The van der Waals surface area contributed by atoms with E-state index in [9.17, 15) is 14.4 Å². The van der Waals surface area contributed by atoms with Gasteiger partial charge in [-0.25, -0.2) is 4.79 Å². The highest BCUT2D eigenvalue weighted by molar-refractivity contribution is 6.12. The highest BCUT2D eigenvalue weighted by Crippen LogP contribution is 2.48. The third-order valence-corrected chi connectivity index (χ3v) is 7.96. The topological polar surface area (TPSA) is 84.9 Å². The van der Waals surface area contributed by atoms with Crippen molar-refractivity contribution in [2.75, 3.05) is 24.4 Å². The number of fused-ring (bicyclic) bond motifs is 1. The standard InChI is InChI=1S/C35H30N2O5/c1-41-27-18-16-22(17-19-27)26-20-29-32(31(38)21-26)33(23-12-14-25(15-13-23)35(40)42-2)37(30-11-7-6-10-28(30)36-29)34(39)24-8-4-3-5-9-24/h3-19,26,33,36H,20-21H2,1-2H3/t26-,33-/m0/s1. The van der Waals surface area contributed by atoms with E-state index in [1.165, 1.54) is 7.11 Å². The van der Waals surface area contributed by atoms with Gasteiger partial charge in [0.25, 0.3) is 5.91 Å². The van der Waals surface area contributed by atoms with E-state index in [2.05, 4.69) is 5.32 Å².